The zero-order chi connectivity index (χ0) is 21.4. The average molecular weight is 398 g/mol. The van der Waals surface area contributed by atoms with E-state index in [0.717, 1.165) is 62.6 Å². The van der Waals surface area contributed by atoms with Crippen molar-refractivity contribution < 1.29 is 0 Å². The first-order chi connectivity index (χ1) is 14.5. The summed E-state index contributed by atoms with van der Waals surface area (Å²) in [6.07, 6.45) is 8.67. The highest BCUT2D eigenvalue weighted by Gasteiger charge is 2.26. The Morgan fingerprint density at radius 2 is 2.10 bits per heavy atom. The molecule has 0 saturated heterocycles. The van der Waals surface area contributed by atoms with Gasteiger partial charge in [-0.05, 0) is 18.6 Å². The number of hydrogen-bond acceptors (Lipinski definition) is 4. The second-order valence-corrected chi connectivity index (χ2v) is 7.48. The maximum Gasteiger partial charge on any atom is 0.141 e. The van der Waals surface area contributed by atoms with Gasteiger partial charge in [0, 0.05) is 59.8 Å². The van der Waals surface area contributed by atoms with Gasteiger partial charge in [-0.2, -0.15) is 0 Å². The van der Waals surface area contributed by atoms with Gasteiger partial charge in [0.2, 0.25) is 0 Å². The lowest BCUT2D eigenvalue weighted by atomic mass is 9.99. The van der Waals surface area contributed by atoms with Crippen molar-refractivity contribution in [1.29, 1.82) is 0 Å². The summed E-state index contributed by atoms with van der Waals surface area (Å²) in [5.41, 5.74) is 7.83. The zero-order valence-electron chi connectivity index (χ0n) is 17.9. The third-order valence-electron chi connectivity index (χ3n) is 5.66. The second-order valence-electron chi connectivity index (χ2n) is 7.48. The van der Waals surface area contributed by atoms with Crippen molar-refractivity contribution in [1.82, 2.24) is 14.8 Å². The third kappa shape index (κ3) is 3.12. The van der Waals surface area contributed by atoms with Gasteiger partial charge in [-0.15, -0.1) is 0 Å². The van der Waals surface area contributed by atoms with Crippen LogP contribution in [-0.2, 0) is 7.05 Å². The lowest BCUT2D eigenvalue weighted by Crippen LogP contribution is -2.32. The van der Waals surface area contributed by atoms with Crippen LogP contribution in [0.3, 0.4) is 0 Å². The molecule has 0 amide bonds. The Kier molecular flexibility index (Phi) is 5.04. The first-order valence-corrected chi connectivity index (χ1v) is 10.1. The van der Waals surface area contributed by atoms with Crippen molar-refractivity contribution in [2.75, 3.05) is 13.6 Å². The smallest absolute Gasteiger partial charge is 0.141 e. The van der Waals surface area contributed by atoms with E-state index in [1.807, 2.05) is 32.5 Å². The monoisotopic (exact) mass is 397 g/mol. The van der Waals surface area contributed by atoms with Crippen molar-refractivity contribution in [3.05, 3.63) is 89.7 Å². The maximum atomic E-state index is 5.10. The number of nitrogens with zero attached hydrogens (tertiary/aromatic N) is 4. The van der Waals surface area contributed by atoms with E-state index in [9.17, 15) is 0 Å². The Morgan fingerprint density at radius 3 is 2.77 bits per heavy atom. The van der Waals surface area contributed by atoms with Crippen molar-refractivity contribution in [3.63, 3.8) is 0 Å². The fourth-order valence-electron chi connectivity index (χ4n) is 4.07. The molecule has 2 aliphatic rings. The molecule has 0 saturated carbocycles. The molecule has 1 aromatic carbocycles. The van der Waals surface area contributed by atoms with Crippen LogP contribution in [0.2, 0.25) is 0 Å². The summed E-state index contributed by atoms with van der Waals surface area (Å²) >= 11 is 0. The topological polar surface area (TPSA) is 44.9 Å². The highest BCUT2D eigenvalue weighted by molar-refractivity contribution is 6.13. The van der Waals surface area contributed by atoms with Gasteiger partial charge in [0.1, 0.15) is 5.84 Å². The molecular weight excluding hydrogens is 370 g/mol. The number of hydrogen-bond donors (Lipinski definition) is 1. The predicted molar refractivity (Wildman–Crippen MR) is 127 cm³/mol. The summed E-state index contributed by atoms with van der Waals surface area (Å²) in [6, 6.07) is 6.29. The molecule has 30 heavy (non-hydrogen) atoms. The van der Waals surface area contributed by atoms with Crippen molar-refractivity contribution in [2.45, 2.75) is 13.3 Å². The van der Waals surface area contributed by atoms with E-state index >= 15 is 0 Å². The fourth-order valence-corrected chi connectivity index (χ4v) is 4.07. The third-order valence-corrected chi connectivity index (χ3v) is 5.66. The summed E-state index contributed by atoms with van der Waals surface area (Å²) in [7, 11) is 4.07. The minimum Gasteiger partial charge on any atom is -0.353 e. The summed E-state index contributed by atoms with van der Waals surface area (Å²) in [5.74, 6) is 0.851. The number of aromatic nitrogens is 1. The molecule has 0 spiro atoms. The average Bonchev–Trinajstić information content (AvgIpc) is 3.37. The quantitative estimate of drug-likeness (QED) is 0.764. The minimum atomic E-state index is 0.694. The SMILES string of the molecule is C=Cc1cn(C)c2cccc(C3=NC(C(=C)NC4=CCN=C4)=C(CC)C(=C)N3C)c12. The normalized spacial score (nSPS) is 16.2. The molecule has 5 nitrogen and oxygen atoms in total. The summed E-state index contributed by atoms with van der Waals surface area (Å²) in [4.78, 5) is 11.4. The standard InChI is InChI=1S/C25H27N5/c1-7-18-15-29(5)22-11-9-10-21(23(18)22)25-28-24(20(8-2)17(4)30(25)6)16(3)27-19-12-13-26-14-19/h7,9-12,14-15,27H,1,3-4,8,13H2,2,5-6H3. The molecule has 0 fully saturated rings. The number of fused-ring (bicyclic) bond motifs is 1. The van der Waals surface area contributed by atoms with Crippen LogP contribution in [0.25, 0.3) is 17.0 Å². The molecule has 0 atom stereocenters. The Labute approximate surface area is 177 Å². The van der Waals surface area contributed by atoms with Crippen molar-refractivity contribution in [2.24, 2.45) is 17.0 Å². The number of benzene rings is 1. The van der Waals surface area contributed by atoms with Gasteiger partial charge < -0.3 is 14.8 Å². The van der Waals surface area contributed by atoms with Gasteiger partial charge in [-0.1, -0.05) is 44.9 Å². The first kappa shape index (κ1) is 19.7. The van der Waals surface area contributed by atoms with E-state index in [4.69, 9.17) is 4.99 Å². The van der Waals surface area contributed by atoms with Crippen LogP contribution in [0.5, 0.6) is 0 Å². The fraction of sp³-hybridized carbons (Fsp3) is 0.200. The van der Waals surface area contributed by atoms with Crippen LogP contribution >= 0.6 is 0 Å². The summed E-state index contributed by atoms with van der Waals surface area (Å²) < 4.78 is 2.12. The molecule has 1 N–H and O–H groups in total. The van der Waals surface area contributed by atoms with Gasteiger partial charge in [0.05, 0.1) is 23.6 Å². The molecule has 1 aromatic heterocycles. The number of allylic oxidation sites excluding steroid dienone is 2. The van der Waals surface area contributed by atoms with E-state index in [0.29, 0.717) is 6.54 Å². The number of likely N-dealkylation sites (N-methyl/N-ethyl adjacent to an activating group) is 1. The molecule has 5 heteroatoms. The Balaban J connectivity index is 1.88. The summed E-state index contributed by atoms with van der Waals surface area (Å²) in [6.45, 7) is 15.5. The van der Waals surface area contributed by atoms with Crippen molar-refractivity contribution in [3.8, 4) is 0 Å². The molecule has 4 rings (SSSR count). The predicted octanol–water partition coefficient (Wildman–Crippen LogP) is 4.76. The first-order valence-electron chi connectivity index (χ1n) is 10.1. The molecule has 3 heterocycles. The lowest BCUT2D eigenvalue weighted by molar-refractivity contribution is 0.617. The molecule has 0 aliphatic carbocycles. The maximum absolute atomic E-state index is 5.10. The van der Waals surface area contributed by atoms with Crippen LogP contribution < -0.4 is 5.32 Å². The molecule has 0 radical (unpaired) electrons. The van der Waals surface area contributed by atoms with E-state index in [-0.39, 0.29) is 0 Å². The summed E-state index contributed by atoms with van der Waals surface area (Å²) in [5, 5.41) is 4.49. The van der Waals surface area contributed by atoms with E-state index in [1.54, 1.807) is 0 Å². The van der Waals surface area contributed by atoms with Gasteiger partial charge in [0.15, 0.2) is 0 Å². The highest BCUT2D eigenvalue weighted by Crippen LogP contribution is 2.34. The zero-order valence-corrected chi connectivity index (χ0v) is 17.9. The van der Waals surface area contributed by atoms with E-state index in [2.05, 4.69) is 70.8 Å². The van der Waals surface area contributed by atoms with Gasteiger partial charge in [0.25, 0.3) is 0 Å². The van der Waals surface area contributed by atoms with Crippen LogP contribution in [0.4, 0.5) is 0 Å². The molecule has 152 valence electrons. The highest BCUT2D eigenvalue weighted by atomic mass is 15.2. The number of aliphatic imine (C=N–C) groups is 2. The Hall–Kier alpha value is -3.60. The number of nitrogens with one attached hydrogen (secondary N) is 1. The lowest BCUT2D eigenvalue weighted by Gasteiger charge is -2.32. The minimum absolute atomic E-state index is 0.694. The van der Waals surface area contributed by atoms with E-state index < -0.39 is 0 Å². The Bertz CT molecular complexity index is 1200. The molecule has 0 bridgehead atoms. The molecular formula is C25H27N5. The van der Waals surface area contributed by atoms with Crippen LogP contribution in [-0.4, -0.2) is 35.1 Å². The number of aryl methyl sites for hydroxylation is 1. The number of amidine groups is 1. The van der Waals surface area contributed by atoms with E-state index in [1.165, 1.54) is 0 Å². The van der Waals surface area contributed by atoms with Gasteiger partial charge in [-0.3, -0.25) is 4.99 Å². The molecule has 2 aliphatic heterocycles. The van der Waals surface area contributed by atoms with Crippen LogP contribution in [0.15, 0.2) is 88.6 Å². The number of rotatable bonds is 6. The van der Waals surface area contributed by atoms with Gasteiger partial charge in [-0.25, -0.2) is 4.99 Å². The van der Waals surface area contributed by atoms with Crippen LogP contribution in [0.1, 0.15) is 24.5 Å². The van der Waals surface area contributed by atoms with Gasteiger partial charge >= 0.3 is 0 Å². The van der Waals surface area contributed by atoms with Crippen LogP contribution in [0, 0.1) is 0 Å². The molecule has 0 unspecified atom stereocenters. The second kappa shape index (κ2) is 7.67. The largest absolute Gasteiger partial charge is 0.353 e. The van der Waals surface area contributed by atoms with Crippen molar-refractivity contribution >= 4 is 29.0 Å². The molecule has 2 aromatic rings. The Morgan fingerprint density at radius 1 is 1.30 bits per heavy atom.